The molecule has 2 aromatic carbocycles. The number of thioether (sulfide) groups is 1. The van der Waals surface area contributed by atoms with Crippen LogP contribution in [0, 0.1) is 0 Å². The summed E-state index contributed by atoms with van der Waals surface area (Å²) in [5.41, 5.74) is 2.78. The molecule has 0 bridgehead atoms. The highest BCUT2D eigenvalue weighted by atomic mass is 35.5. The molecule has 0 aliphatic rings. The van der Waals surface area contributed by atoms with Crippen LogP contribution in [0.25, 0.3) is 16.6 Å². The third-order valence-electron chi connectivity index (χ3n) is 3.71. The molecule has 4 rings (SSSR count). The van der Waals surface area contributed by atoms with Gasteiger partial charge in [0.2, 0.25) is 0 Å². The van der Waals surface area contributed by atoms with Gasteiger partial charge in [0.25, 0.3) is 0 Å². The van der Waals surface area contributed by atoms with Crippen LogP contribution in [0.4, 0.5) is 0 Å². The molecule has 0 aliphatic carbocycles. The summed E-state index contributed by atoms with van der Waals surface area (Å²) < 4.78 is 1.90. The van der Waals surface area contributed by atoms with Crippen LogP contribution in [-0.4, -0.2) is 19.7 Å². The summed E-state index contributed by atoms with van der Waals surface area (Å²) in [6, 6.07) is 17.6. The van der Waals surface area contributed by atoms with Crippen LogP contribution in [0.15, 0.2) is 66.1 Å². The highest BCUT2D eigenvalue weighted by molar-refractivity contribution is 7.98. The number of para-hydroxylation sites is 1. The van der Waals surface area contributed by atoms with E-state index >= 15 is 0 Å². The van der Waals surface area contributed by atoms with Crippen molar-refractivity contribution in [3.8, 4) is 5.69 Å². The maximum Gasteiger partial charge on any atom is 0.195 e. The fraction of sp³-hybridized carbons (Fsp3) is 0.0556. The summed E-state index contributed by atoms with van der Waals surface area (Å²) in [4.78, 5) is 4.46. The van der Waals surface area contributed by atoms with Crippen molar-refractivity contribution < 1.29 is 0 Å². The van der Waals surface area contributed by atoms with E-state index in [1.54, 1.807) is 18.1 Å². The Morgan fingerprint density at radius 1 is 1.00 bits per heavy atom. The molecule has 0 spiro atoms. The van der Waals surface area contributed by atoms with Crippen molar-refractivity contribution in [3.63, 3.8) is 0 Å². The number of rotatable bonds is 4. The SMILES string of the molecule is Clc1cccc(-n2cnnc2SCc2cc3ccccc3nc2Cl)c1. The van der Waals surface area contributed by atoms with E-state index in [4.69, 9.17) is 23.2 Å². The average molecular weight is 387 g/mol. The molecule has 4 nitrogen and oxygen atoms in total. The summed E-state index contributed by atoms with van der Waals surface area (Å²) in [5, 5.41) is 11.2. The number of benzene rings is 2. The van der Waals surface area contributed by atoms with Gasteiger partial charge in [0, 0.05) is 21.7 Å². The van der Waals surface area contributed by atoms with Gasteiger partial charge in [0.15, 0.2) is 5.16 Å². The van der Waals surface area contributed by atoms with E-state index in [2.05, 4.69) is 21.2 Å². The molecule has 4 aromatic rings. The zero-order valence-electron chi connectivity index (χ0n) is 12.9. The minimum atomic E-state index is 0.514. The first-order valence-corrected chi connectivity index (χ1v) is 9.28. The van der Waals surface area contributed by atoms with E-state index in [-0.39, 0.29) is 0 Å². The van der Waals surface area contributed by atoms with Crippen molar-refractivity contribution in [2.24, 2.45) is 0 Å². The molecule has 0 amide bonds. The molecule has 0 fully saturated rings. The topological polar surface area (TPSA) is 43.6 Å². The molecule has 0 unspecified atom stereocenters. The van der Waals surface area contributed by atoms with Crippen molar-refractivity contribution in [2.45, 2.75) is 10.9 Å². The van der Waals surface area contributed by atoms with E-state index in [1.165, 1.54) is 0 Å². The zero-order valence-corrected chi connectivity index (χ0v) is 15.3. The van der Waals surface area contributed by atoms with E-state index in [0.29, 0.717) is 15.9 Å². The lowest BCUT2D eigenvalue weighted by molar-refractivity contribution is 0.884. The quantitative estimate of drug-likeness (QED) is 0.347. The third-order valence-corrected chi connectivity index (χ3v) is 5.26. The summed E-state index contributed by atoms with van der Waals surface area (Å²) in [6.45, 7) is 0. The monoisotopic (exact) mass is 386 g/mol. The van der Waals surface area contributed by atoms with Gasteiger partial charge in [0.1, 0.15) is 11.5 Å². The Kier molecular flexibility index (Phi) is 4.61. The first-order valence-electron chi connectivity index (χ1n) is 7.53. The number of aromatic nitrogens is 4. The average Bonchev–Trinajstić information content (AvgIpc) is 3.08. The van der Waals surface area contributed by atoms with Gasteiger partial charge in [-0.1, -0.05) is 59.2 Å². The Morgan fingerprint density at radius 2 is 1.88 bits per heavy atom. The number of fused-ring (bicyclic) bond motifs is 1. The van der Waals surface area contributed by atoms with Crippen molar-refractivity contribution in [1.82, 2.24) is 19.7 Å². The first kappa shape index (κ1) is 16.4. The van der Waals surface area contributed by atoms with Crippen LogP contribution in [0.2, 0.25) is 10.2 Å². The molecule has 0 aliphatic heterocycles. The van der Waals surface area contributed by atoms with Gasteiger partial charge in [0.05, 0.1) is 11.2 Å². The highest BCUT2D eigenvalue weighted by Gasteiger charge is 2.11. The molecule has 0 radical (unpaired) electrons. The summed E-state index contributed by atoms with van der Waals surface area (Å²) >= 11 is 14.0. The normalized spacial score (nSPS) is 11.1. The fourth-order valence-electron chi connectivity index (χ4n) is 2.51. The molecule has 124 valence electrons. The molecule has 0 atom stereocenters. The number of hydrogen-bond donors (Lipinski definition) is 0. The Bertz CT molecular complexity index is 1050. The maximum atomic E-state index is 6.34. The minimum absolute atomic E-state index is 0.514. The molecular formula is C18H12Cl2N4S. The zero-order chi connectivity index (χ0) is 17.2. The molecule has 2 aromatic heterocycles. The first-order chi connectivity index (χ1) is 12.2. The summed E-state index contributed by atoms with van der Waals surface area (Å²) in [6.07, 6.45) is 1.67. The van der Waals surface area contributed by atoms with E-state index in [9.17, 15) is 0 Å². The van der Waals surface area contributed by atoms with Gasteiger partial charge in [-0.3, -0.25) is 4.57 Å². The van der Waals surface area contributed by atoms with Crippen molar-refractivity contribution in [3.05, 3.63) is 76.7 Å². The third kappa shape index (κ3) is 3.49. The lowest BCUT2D eigenvalue weighted by Gasteiger charge is -2.08. The minimum Gasteiger partial charge on any atom is -0.277 e. The smallest absolute Gasteiger partial charge is 0.195 e. The molecule has 0 N–H and O–H groups in total. The van der Waals surface area contributed by atoms with Crippen molar-refractivity contribution in [2.75, 3.05) is 0 Å². The second kappa shape index (κ2) is 7.04. The van der Waals surface area contributed by atoms with Crippen LogP contribution in [-0.2, 0) is 5.75 Å². The van der Waals surface area contributed by atoms with Gasteiger partial charge in [-0.2, -0.15) is 0 Å². The molecule has 0 saturated heterocycles. The maximum absolute atomic E-state index is 6.34. The summed E-state index contributed by atoms with van der Waals surface area (Å²) in [5.74, 6) is 0.649. The van der Waals surface area contributed by atoms with Crippen LogP contribution >= 0.6 is 35.0 Å². The Balaban J connectivity index is 1.60. The molecule has 0 saturated carbocycles. The lowest BCUT2D eigenvalue weighted by Crippen LogP contribution is -1.96. The molecule has 25 heavy (non-hydrogen) atoms. The van der Waals surface area contributed by atoms with Crippen LogP contribution in [0.3, 0.4) is 0 Å². The van der Waals surface area contributed by atoms with Gasteiger partial charge in [-0.25, -0.2) is 4.98 Å². The highest BCUT2D eigenvalue weighted by Crippen LogP contribution is 2.28. The molecule has 2 heterocycles. The van der Waals surface area contributed by atoms with E-state index < -0.39 is 0 Å². The van der Waals surface area contributed by atoms with E-state index in [0.717, 1.165) is 27.3 Å². The number of pyridine rings is 1. The standard InChI is InChI=1S/C18H12Cl2N4S/c19-14-5-3-6-15(9-14)24-11-21-23-18(24)25-10-13-8-12-4-1-2-7-16(12)22-17(13)20/h1-9,11H,10H2. The van der Waals surface area contributed by atoms with Crippen LogP contribution < -0.4 is 0 Å². The molecular weight excluding hydrogens is 375 g/mol. The lowest BCUT2D eigenvalue weighted by atomic mass is 10.2. The Labute approximate surface area is 158 Å². The second-order valence-electron chi connectivity index (χ2n) is 5.38. The Hall–Kier alpha value is -2.08. The Morgan fingerprint density at radius 3 is 2.76 bits per heavy atom. The van der Waals surface area contributed by atoms with Gasteiger partial charge < -0.3 is 0 Å². The molecule has 7 heteroatoms. The van der Waals surface area contributed by atoms with Gasteiger partial charge in [-0.05, 0) is 30.3 Å². The van der Waals surface area contributed by atoms with Gasteiger partial charge >= 0.3 is 0 Å². The predicted octanol–water partition coefficient (Wildman–Crippen LogP) is 5.41. The number of hydrogen-bond acceptors (Lipinski definition) is 4. The van der Waals surface area contributed by atoms with Crippen molar-refractivity contribution in [1.29, 1.82) is 0 Å². The largest absolute Gasteiger partial charge is 0.277 e. The van der Waals surface area contributed by atoms with Crippen LogP contribution in [0.1, 0.15) is 5.56 Å². The predicted molar refractivity (Wildman–Crippen MR) is 103 cm³/mol. The second-order valence-corrected chi connectivity index (χ2v) is 7.12. The van der Waals surface area contributed by atoms with Crippen molar-refractivity contribution >= 4 is 45.9 Å². The van der Waals surface area contributed by atoms with Crippen LogP contribution in [0.5, 0.6) is 0 Å². The number of nitrogens with zero attached hydrogens (tertiary/aromatic N) is 4. The summed E-state index contributed by atoms with van der Waals surface area (Å²) in [7, 11) is 0. The van der Waals surface area contributed by atoms with Gasteiger partial charge in [-0.15, -0.1) is 10.2 Å². The number of halogens is 2. The van der Waals surface area contributed by atoms with E-state index in [1.807, 2.05) is 53.1 Å². The fourth-order valence-corrected chi connectivity index (χ4v) is 3.88.